The minimum atomic E-state index is -1.07. The van der Waals surface area contributed by atoms with Crippen LogP contribution in [0.25, 0.3) is 0 Å². The van der Waals surface area contributed by atoms with Gasteiger partial charge in [-0.15, -0.1) is 0 Å². The lowest BCUT2D eigenvalue weighted by molar-refractivity contribution is 0.0686. The third kappa shape index (κ3) is 2.98. The van der Waals surface area contributed by atoms with Gasteiger partial charge in [-0.1, -0.05) is 22.9 Å². The van der Waals surface area contributed by atoms with Crippen molar-refractivity contribution >= 4 is 27.8 Å². The number of carbonyl (C=O) groups excluding carboxylic acids is 1. The van der Waals surface area contributed by atoms with Gasteiger partial charge in [-0.3, -0.25) is 4.79 Å². The average Bonchev–Trinajstić information content (AvgIpc) is 2.98. The molecule has 1 aromatic heterocycles. The summed E-state index contributed by atoms with van der Waals surface area (Å²) in [7, 11) is 0. The van der Waals surface area contributed by atoms with Crippen LogP contribution in [0.5, 0.6) is 0 Å². The molecule has 5 nitrogen and oxygen atoms in total. The molecule has 0 saturated heterocycles. The van der Waals surface area contributed by atoms with Gasteiger partial charge in [0.25, 0.3) is 5.91 Å². The third-order valence-corrected chi connectivity index (χ3v) is 4.85. The quantitative estimate of drug-likeness (QED) is 0.863. The van der Waals surface area contributed by atoms with Gasteiger partial charge in [0.1, 0.15) is 11.3 Å². The molecule has 2 aromatic rings. The molecule has 1 amide bonds. The number of benzene rings is 1. The summed E-state index contributed by atoms with van der Waals surface area (Å²) in [6, 6.07) is 5.47. The lowest BCUT2D eigenvalue weighted by atomic mass is 9.95. The first kappa shape index (κ1) is 16.8. The van der Waals surface area contributed by atoms with Crippen molar-refractivity contribution in [2.24, 2.45) is 0 Å². The van der Waals surface area contributed by atoms with Gasteiger partial charge in [0.15, 0.2) is 5.76 Å². The van der Waals surface area contributed by atoms with E-state index in [1.807, 2.05) is 13.0 Å². The number of aromatic carboxylic acids is 1. The van der Waals surface area contributed by atoms with Crippen LogP contribution >= 0.6 is 15.9 Å². The van der Waals surface area contributed by atoms with Gasteiger partial charge < -0.3 is 14.4 Å². The SMILES string of the molecule is CCc1oc(C(=O)N2CCc3cc(Br)cc(C)c3C2)cc1C(=O)O. The van der Waals surface area contributed by atoms with Crippen molar-refractivity contribution in [3.05, 3.63) is 56.4 Å². The number of carbonyl (C=O) groups is 2. The highest BCUT2D eigenvalue weighted by Gasteiger charge is 2.27. The fourth-order valence-corrected chi connectivity index (χ4v) is 3.74. The molecule has 2 heterocycles. The normalized spacial score (nSPS) is 13.7. The monoisotopic (exact) mass is 391 g/mol. The van der Waals surface area contributed by atoms with E-state index in [2.05, 4.69) is 22.0 Å². The van der Waals surface area contributed by atoms with Crippen LogP contribution in [0, 0.1) is 6.92 Å². The molecular formula is C18H18BrNO4. The second-order valence-electron chi connectivity index (χ2n) is 5.94. The summed E-state index contributed by atoms with van der Waals surface area (Å²) in [6.07, 6.45) is 1.21. The van der Waals surface area contributed by atoms with Crippen LogP contribution < -0.4 is 0 Å². The van der Waals surface area contributed by atoms with Gasteiger partial charge in [0.2, 0.25) is 0 Å². The topological polar surface area (TPSA) is 70.8 Å². The summed E-state index contributed by atoms with van der Waals surface area (Å²) >= 11 is 3.50. The van der Waals surface area contributed by atoms with Gasteiger partial charge in [-0.25, -0.2) is 4.79 Å². The molecule has 0 bridgehead atoms. The van der Waals surface area contributed by atoms with Crippen LogP contribution in [0.15, 0.2) is 27.1 Å². The fraction of sp³-hybridized carbons (Fsp3) is 0.333. The lowest BCUT2D eigenvalue weighted by Crippen LogP contribution is -2.36. The number of hydrogen-bond acceptors (Lipinski definition) is 3. The molecule has 1 aliphatic rings. The van der Waals surface area contributed by atoms with E-state index >= 15 is 0 Å². The third-order valence-electron chi connectivity index (χ3n) is 4.39. The number of carboxylic acids is 1. The number of hydrogen-bond donors (Lipinski definition) is 1. The molecule has 24 heavy (non-hydrogen) atoms. The highest BCUT2D eigenvalue weighted by molar-refractivity contribution is 9.10. The molecule has 0 radical (unpaired) electrons. The molecule has 1 N–H and O–H groups in total. The Labute approximate surface area is 148 Å². The molecule has 0 fully saturated rings. The number of rotatable bonds is 3. The first-order valence-electron chi connectivity index (χ1n) is 7.83. The Kier molecular flexibility index (Phi) is 4.49. The van der Waals surface area contributed by atoms with E-state index < -0.39 is 5.97 Å². The predicted octanol–water partition coefficient (Wildman–Crippen LogP) is 3.81. The molecule has 3 rings (SSSR count). The van der Waals surface area contributed by atoms with Crippen molar-refractivity contribution in [1.82, 2.24) is 4.90 Å². The maximum Gasteiger partial charge on any atom is 0.339 e. The van der Waals surface area contributed by atoms with Crippen LogP contribution in [0.2, 0.25) is 0 Å². The standard InChI is InChI=1S/C18H18BrNO4/c1-3-15-13(18(22)23)8-16(24-15)17(21)20-5-4-11-7-12(19)6-10(2)14(11)9-20/h6-8H,3-5,9H2,1-2H3,(H,22,23). The number of aryl methyl sites for hydroxylation is 2. The number of nitrogens with zero attached hydrogens (tertiary/aromatic N) is 1. The van der Waals surface area contributed by atoms with Gasteiger partial charge in [-0.2, -0.15) is 0 Å². The smallest absolute Gasteiger partial charge is 0.339 e. The largest absolute Gasteiger partial charge is 0.478 e. The van der Waals surface area contributed by atoms with E-state index in [9.17, 15) is 14.7 Å². The Morgan fingerprint density at radius 1 is 1.33 bits per heavy atom. The van der Waals surface area contributed by atoms with E-state index in [-0.39, 0.29) is 17.2 Å². The van der Waals surface area contributed by atoms with Crippen LogP contribution in [0.4, 0.5) is 0 Å². The summed E-state index contributed by atoms with van der Waals surface area (Å²) in [6.45, 7) is 4.93. The van der Waals surface area contributed by atoms with Crippen LogP contribution in [-0.2, 0) is 19.4 Å². The molecule has 1 aliphatic heterocycles. The zero-order valence-electron chi connectivity index (χ0n) is 13.6. The fourth-order valence-electron chi connectivity index (χ4n) is 3.12. The first-order chi connectivity index (χ1) is 11.4. The summed E-state index contributed by atoms with van der Waals surface area (Å²) in [5.41, 5.74) is 3.60. The van der Waals surface area contributed by atoms with Gasteiger partial charge in [0.05, 0.1) is 0 Å². The molecule has 0 aliphatic carbocycles. The maximum absolute atomic E-state index is 12.7. The van der Waals surface area contributed by atoms with Gasteiger partial charge in [0, 0.05) is 30.0 Å². The lowest BCUT2D eigenvalue weighted by Gasteiger charge is -2.29. The zero-order valence-corrected chi connectivity index (χ0v) is 15.1. The van der Waals surface area contributed by atoms with Crippen molar-refractivity contribution in [3.8, 4) is 0 Å². The average molecular weight is 392 g/mol. The second kappa shape index (κ2) is 6.43. The number of amides is 1. The van der Waals surface area contributed by atoms with Crippen molar-refractivity contribution in [2.45, 2.75) is 33.2 Å². The van der Waals surface area contributed by atoms with E-state index in [1.165, 1.54) is 11.6 Å². The van der Waals surface area contributed by atoms with E-state index in [0.717, 1.165) is 22.0 Å². The van der Waals surface area contributed by atoms with E-state index in [0.29, 0.717) is 25.3 Å². The minimum Gasteiger partial charge on any atom is -0.478 e. The Bertz CT molecular complexity index is 825. The zero-order chi connectivity index (χ0) is 17.4. The van der Waals surface area contributed by atoms with Crippen LogP contribution in [-0.4, -0.2) is 28.4 Å². The van der Waals surface area contributed by atoms with Crippen molar-refractivity contribution in [1.29, 1.82) is 0 Å². The summed E-state index contributed by atoms with van der Waals surface area (Å²) < 4.78 is 6.54. The van der Waals surface area contributed by atoms with Crippen molar-refractivity contribution < 1.29 is 19.1 Å². The molecule has 0 unspecified atom stereocenters. The summed E-state index contributed by atoms with van der Waals surface area (Å²) in [5, 5.41) is 9.21. The Hall–Kier alpha value is -2.08. The van der Waals surface area contributed by atoms with Crippen molar-refractivity contribution in [2.75, 3.05) is 6.54 Å². The molecule has 0 atom stereocenters. The number of carboxylic acid groups (broad SMARTS) is 1. The van der Waals surface area contributed by atoms with Gasteiger partial charge >= 0.3 is 5.97 Å². The molecular weight excluding hydrogens is 374 g/mol. The highest BCUT2D eigenvalue weighted by atomic mass is 79.9. The molecule has 0 saturated carbocycles. The molecule has 126 valence electrons. The van der Waals surface area contributed by atoms with E-state index in [4.69, 9.17) is 4.42 Å². The molecule has 1 aromatic carbocycles. The number of halogens is 1. The summed E-state index contributed by atoms with van der Waals surface area (Å²) in [5.74, 6) is -0.893. The number of furan rings is 1. The van der Waals surface area contributed by atoms with Crippen molar-refractivity contribution in [3.63, 3.8) is 0 Å². The van der Waals surface area contributed by atoms with Gasteiger partial charge in [-0.05, 0) is 42.2 Å². The minimum absolute atomic E-state index is 0.0679. The Morgan fingerprint density at radius 3 is 2.71 bits per heavy atom. The number of fused-ring (bicyclic) bond motifs is 1. The Morgan fingerprint density at radius 2 is 2.08 bits per heavy atom. The Balaban J connectivity index is 1.88. The highest BCUT2D eigenvalue weighted by Crippen LogP contribution is 2.28. The predicted molar refractivity (Wildman–Crippen MR) is 92.4 cm³/mol. The second-order valence-corrected chi connectivity index (χ2v) is 6.86. The van der Waals surface area contributed by atoms with E-state index in [1.54, 1.807) is 11.8 Å². The van der Waals surface area contributed by atoms with Crippen LogP contribution in [0.3, 0.4) is 0 Å². The molecule has 6 heteroatoms. The summed E-state index contributed by atoms with van der Waals surface area (Å²) in [4.78, 5) is 25.7. The van der Waals surface area contributed by atoms with Crippen LogP contribution in [0.1, 0.15) is 50.3 Å². The molecule has 0 spiro atoms. The maximum atomic E-state index is 12.7. The first-order valence-corrected chi connectivity index (χ1v) is 8.63.